The number of nitrogens with one attached hydrogen (secondary N) is 1. The number of ether oxygens (including phenoxy) is 1. The first-order valence-electron chi connectivity index (χ1n) is 7.51. The molecule has 3 heteroatoms. The molecule has 22 heavy (non-hydrogen) atoms. The fourth-order valence-corrected chi connectivity index (χ4v) is 3.53. The van der Waals surface area contributed by atoms with Crippen molar-refractivity contribution in [3.05, 3.63) is 51.5 Å². The Bertz CT molecular complexity index is 820. The van der Waals surface area contributed by atoms with Gasteiger partial charge in [-0.1, -0.05) is 28.1 Å². The van der Waals surface area contributed by atoms with Gasteiger partial charge in [0.2, 0.25) is 0 Å². The number of anilines is 1. The predicted octanol–water partition coefficient (Wildman–Crippen LogP) is 5.62. The zero-order valence-electron chi connectivity index (χ0n) is 13.0. The molecule has 2 aromatic carbocycles. The van der Waals surface area contributed by atoms with E-state index >= 15 is 0 Å². The van der Waals surface area contributed by atoms with Crippen molar-refractivity contribution in [1.82, 2.24) is 0 Å². The van der Waals surface area contributed by atoms with Gasteiger partial charge in [-0.15, -0.1) is 0 Å². The number of benzene rings is 2. The topological polar surface area (TPSA) is 21.3 Å². The van der Waals surface area contributed by atoms with Crippen molar-refractivity contribution in [1.29, 1.82) is 0 Å². The molecule has 0 saturated carbocycles. The average molecular weight is 356 g/mol. The Balaban J connectivity index is 1.95. The molecular formula is C19H18BrNO. The lowest BCUT2D eigenvalue weighted by Crippen LogP contribution is -2.35. The molecule has 112 valence electrons. The quantitative estimate of drug-likeness (QED) is 0.662. The molecule has 2 aliphatic heterocycles. The standard InChI is InChI=1S/C19H18BrNO/c1-11-8-14-16-10-22-18-7-4-12(20)9-15(18)13(16)5-6-17(14)21-19(11,2)3/h4-9,21H,10H2,1-3H3. The lowest BCUT2D eigenvalue weighted by atomic mass is 9.84. The van der Waals surface area contributed by atoms with Crippen LogP contribution < -0.4 is 10.1 Å². The Hall–Kier alpha value is -1.74. The van der Waals surface area contributed by atoms with E-state index in [2.05, 4.69) is 66.3 Å². The van der Waals surface area contributed by atoms with Crippen LogP contribution in [0.2, 0.25) is 0 Å². The summed E-state index contributed by atoms with van der Waals surface area (Å²) >= 11 is 3.56. The smallest absolute Gasteiger partial charge is 0.127 e. The zero-order chi connectivity index (χ0) is 15.5. The number of hydrogen-bond donors (Lipinski definition) is 1. The van der Waals surface area contributed by atoms with Gasteiger partial charge < -0.3 is 10.1 Å². The average Bonchev–Trinajstić information content (AvgIpc) is 2.47. The molecule has 2 nitrogen and oxygen atoms in total. The molecule has 0 saturated heterocycles. The molecule has 2 heterocycles. The minimum atomic E-state index is -0.00229. The summed E-state index contributed by atoms with van der Waals surface area (Å²) in [6, 6.07) is 10.6. The third-order valence-corrected chi connectivity index (χ3v) is 5.25. The van der Waals surface area contributed by atoms with Crippen LogP contribution >= 0.6 is 15.9 Å². The zero-order valence-corrected chi connectivity index (χ0v) is 14.5. The van der Waals surface area contributed by atoms with Crippen molar-refractivity contribution in [2.24, 2.45) is 0 Å². The molecule has 2 aromatic rings. The van der Waals surface area contributed by atoms with Crippen LogP contribution in [-0.2, 0) is 6.61 Å². The number of rotatable bonds is 0. The molecule has 0 radical (unpaired) electrons. The van der Waals surface area contributed by atoms with Crippen LogP contribution in [0.25, 0.3) is 17.2 Å². The van der Waals surface area contributed by atoms with Crippen molar-refractivity contribution in [3.63, 3.8) is 0 Å². The van der Waals surface area contributed by atoms with Gasteiger partial charge in [0.15, 0.2) is 0 Å². The maximum absolute atomic E-state index is 5.98. The van der Waals surface area contributed by atoms with Crippen molar-refractivity contribution < 1.29 is 4.74 Å². The first-order chi connectivity index (χ1) is 10.5. The molecule has 0 spiro atoms. The summed E-state index contributed by atoms with van der Waals surface area (Å²) in [4.78, 5) is 0. The highest BCUT2D eigenvalue weighted by Crippen LogP contribution is 2.44. The lowest BCUT2D eigenvalue weighted by molar-refractivity contribution is 0.302. The van der Waals surface area contributed by atoms with Gasteiger partial charge in [-0.3, -0.25) is 0 Å². The van der Waals surface area contributed by atoms with E-state index in [4.69, 9.17) is 4.74 Å². The van der Waals surface area contributed by atoms with Gasteiger partial charge in [-0.2, -0.15) is 0 Å². The molecule has 0 unspecified atom stereocenters. The van der Waals surface area contributed by atoms with Gasteiger partial charge in [0.05, 0.1) is 5.54 Å². The Labute approximate surface area is 139 Å². The molecule has 0 fully saturated rings. The van der Waals surface area contributed by atoms with Gasteiger partial charge >= 0.3 is 0 Å². The minimum absolute atomic E-state index is 0.00229. The van der Waals surface area contributed by atoms with Gasteiger partial charge in [0.25, 0.3) is 0 Å². The summed E-state index contributed by atoms with van der Waals surface area (Å²) in [6.07, 6.45) is 2.30. The van der Waals surface area contributed by atoms with Crippen LogP contribution in [0.15, 0.2) is 40.4 Å². The molecule has 0 atom stereocenters. The highest BCUT2D eigenvalue weighted by Gasteiger charge is 2.29. The first kappa shape index (κ1) is 13.9. The summed E-state index contributed by atoms with van der Waals surface area (Å²) in [5.74, 6) is 0.959. The van der Waals surface area contributed by atoms with E-state index in [1.54, 1.807) is 0 Å². The Kier molecular flexibility index (Phi) is 2.92. The monoisotopic (exact) mass is 355 g/mol. The Morgan fingerprint density at radius 2 is 1.95 bits per heavy atom. The highest BCUT2D eigenvalue weighted by molar-refractivity contribution is 9.10. The van der Waals surface area contributed by atoms with E-state index in [0.29, 0.717) is 6.61 Å². The van der Waals surface area contributed by atoms with E-state index in [-0.39, 0.29) is 5.54 Å². The second kappa shape index (κ2) is 4.63. The summed E-state index contributed by atoms with van der Waals surface area (Å²) in [6.45, 7) is 7.23. The number of fused-ring (bicyclic) bond motifs is 5. The molecular weight excluding hydrogens is 338 g/mol. The van der Waals surface area contributed by atoms with E-state index in [9.17, 15) is 0 Å². The third-order valence-electron chi connectivity index (χ3n) is 4.75. The van der Waals surface area contributed by atoms with Gasteiger partial charge in [-0.05, 0) is 56.2 Å². The minimum Gasteiger partial charge on any atom is -0.488 e. The van der Waals surface area contributed by atoms with E-state index in [0.717, 1.165) is 15.8 Å². The normalized spacial score (nSPS) is 17.4. The van der Waals surface area contributed by atoms with E-state index < -0.39 is 0 Å². The largest absolute Gasteiger partial charge is 0.488 e. The predicted molar refractivity (Wildman–Crippen MR) is 95.3 cm³/mol. The van der Waals surface area contributed by atoms with Crippen LogP contribution in [0.4, 0.5) is 5.69 Å². The fraction of sp³-hybridized carbons (Fsp3) is 0.263. The van der Waals surface area contributed by atoms with Crippen molar-refractivity contribution in [2.45, 2.75) is 32.9 Å². The van der Waals surface area contributed by atoms with E-state index in [1.807, 2.05) is 12.1 Å². The molecule has 4 rings (SSSR count). The fourth-order valence-electron chi connectivity index (χ4n) is 3.17. The summed E-state index contributed by atoms with van der Waals surface area (Å²) in [5, 5.41) is 3.64. The molecule has 1 N–H and O–H groups in total. The molecule has 0 amide bonds. The lowest BCUT2D eigenvalue weighted by Gasteiger charge is -2.35. The number of halogens is 1. The summed E-state index contributed by atoms with van der Waals surface area (Å²) in [7, 11) is 0. The highest BCUT2D eigenvalue weighted by atomic mass is 79.9. The maximum atomic E-state index is 5.98. The maximum Gasteiger partial charge on any atom is 0.127 e. The first-order valence-corrected chi connectivity index (χ1v) is 8.30. The van der Waals surface area contributed by atoms with Crippen LogP contribution in [-0.4, -0.2) is 5.54 Å². The second-order valence-corrected chi connectivity index (χ2v) is 7.48. The summed E-state index contributed by atoms with van der Waals surface area (Å²) in [5.41, 5.74) is 7.49. The van der Waals surface area contributed by atoms with Crippen LogP contribution in [0.3, 0.4) is 0 Å². The summed E-state index contributed by atoms with van der Waals surface area (Å²) < 4.78 is 7.06. The van der Waals surface area contributed by atoms with Crippen LogP contribution in [0, 0.1) is 0 Å². The molecule has 0 aliphatic carbocycles. The van der Waals surface area contributed by atoms with Gasteiger partial charge in [-0.25, -0.2) is 0 Å². The van der Waals surface area contributed by atoms with Crippen LogP contribution in [0.1, 0.15) is 31.9 Å². The third kappa shape index (κ3) is 1.99. The van der Waals surface area contributed by atoms with Crippen molar-refractivity contribution in [2.75, 3.05) is 5.32 Å². The van der Waals surface area contributed by atoms with Crippen molar-refractivity contribution in [3.8, 4) is 16.9 Å². The Morgan fingerprint density at radius 3 is 2.77 bits per heavy atom. The van der Waals surface area contributed by atoms with Crippen molar-refractivity contribution >= 4 is 27.7 Å². The molecule has 0 aromatic heterocycles. The molecule has 0 bridgehead atoms. The van der Waals surface area contributed by atoms with Gasteiger partial charge in [0.1, 0.15) is 12.4 Å². The Morgan fingerprint density at radius 1 is 1.14 bits per heavy atom. The van der Waals surface area contributed by atoms with Crippen LogP contribution in [0.5, 0.6) is 5.75 Å². The second-order valence-electron chi connectivity index (χ2n) is 6.56. The number of hydrogen-bond acceptors (Lipinski definition) is 2. The van der Waals surface area contributed by atoms with E-state index in [1.165, 1.54) is 28.0 Å². The van der Waals surface area contributed by atoms with Gasteiger partial charge in [0, 0.05) is 26.9 Å². The SMILES string of the molecule is CC1=Cc2c(ccc3c2COc2ccc(Br)cc2-3)NC1(C)C. The molecule has 2 aliphatic rings.